The van der Waals surface area contributed by atoms with Gasteiger partial charge in [0.2, 0.25) is 11.8 Å². The van der Waals surface area contributed by atoms with Crippen LogP contribution in [0, 0.1) is 5.92 Å². The standard InChI is InChI=1S/C28H29ClN6O4/c29-18-7-9-32-23(12-18)17(14-30)15-33-20-10-16(11-20)2-1-8-31-19-3-4-21-22(13-19)28(39)35(27(21)38)24-5-6-25(36)34-26(24)37/h3-4,7,9,12-16,20,24,31H,1-2,5-6,8,10-11,30H2,(H,34,36,37). The number of imide groups is 2. The van der Waals surface area contributed by atoms with Gasteiger partial charge in [-0.25, -0.2) is 0 Å². The van der Waals surface area contributed by atoms with E-state index in [0.717, 1.165) is 48.4 Å². The fourth-order valence-electron chi connectivity index (χ4n) is 5.21. The quantitative estimate of drug-likeness (QED) is 0.248. The van der Waals surface area contributed by atoms with Crippen LogP contribution in [0.4, 0.5) is 5.69 Å². The minimum absolute atomic E-state index is 0.0942. The van der Waals surface area contributed by atoms with Gasteiger partial charge in [0.1, 0.15) is 6.04 Å². The first-order valence-electron chi connectivity index (χ1n) is 13.0. The van der Waals surface area contributed by atoms with Gasteiger partial charge in [0.05, 0.1) is 22.9 Å². The van der Waals surface area contributed by atoms with Gasteiger partial charge in [0.25, 0.3) is 11.8 Å². The number of allylic oxidation sites excluding steroid dienone is 1. The van der Waals surface area contributed by atoms with Crippen molar-refractivity contribution >= 4 is 52.7 Å². The van der Waals surface area contributed by atoms with E-state index >= 15 is 0 Å². The number of nitrogens with zero attached hydrogens (tertiary/aromatic N) is 3. The van der Waals surface area contributed by atoms with Crippen molar-refractivity contribution < 1.29 is 19.2 Å². The number of aromatic nitrogens is 1. The van der Waals surface area contributed by atoms with Crippen molar-refractivity contribution in [1.29, 1.82) is 0 Å². The molecule has 11 heteroatoms. The van der Waals surface area contributed by atoms with Gasteiger partial charge in [-0.15, -0.1) is 0 Å². The summed E-state index contributed by atoms with van der Waals surface area (Å²) in [5, 5.41) is 6.13. The third kappa shape index (κ3) is 5.70. The van der Waals surface area contributed by atoms with Crippen LogP contribution in [0.1, 0.15) is 64.9 Å². The second-order valence-corrected chi connectivity index (χ2v) is 10.5. The average molecular weight is 549 g/mol. The van der Waals surface area contributed by atoms with Crippen molar-refractivity contribution in [1.82, 2.24) is 15.2 Å². The lowest BCUT2D eigenvalue weighted by atomic mass is 9.78. The first-order chi connectivity index (χ1) is 18.8. The maximum atomic E-state index is 13.0. The van der Waals surface area contributed by atoms with E-state index in [-0.39, 0.29) is 30.0 Å². The Bertz CT molecular complexity index is 1380. The Labute approximate surface area is 230 Å². The van der Waals surface area contributed by atoms with Crippen LogP contribution in [-0.2, 0) is 9.59 Å². The van der Waals surface area contributed by atoms with Gasteiger partial charge in [-0.1, -0.05) is 11.6 Å². The normalized spacial score (nSPS) is 23.2. The number of pyridine rings is 1. The van der Waals surface area contributed by atoms with E-state index in [9.17, 15) is 19.2 Å². The highest BCUT2D eigenvalue weighted by molar-refractivity contribution is 6.30. The molecule has 0 bridgehead atoms. The van der Waals surface area contributed by atoms with Crippen LogP contribution in [-0.4, -0.2) is 58.4 Å². The average Bonchev–Trinajstić information content (AvgIpc) is 3.13. The summed E-state index contributed by atoms with van der Waals surface area (Å²) >= 11 is 6.04. The molecule has 1 atom stereocenters. The summed E-state index contributed by atoms with van der Waals surface area (Å²) in [5.41, 5.74) is 8.46. The zero-order valence-corrected chi connectivity index (χ0v) is 22.0. The number of carbonyl (C=O) groups is 4. The van der Waals surface area contributed by atoms with Crippen LogP contribution in [0.15, 0.2) is 47.7 Å². The first kappa shape index (κ1) is 26.6. The molecule has 0 spiro atoms. The fourth-order valence-corrected chi connectivity index (χ4v) is 5.36. The van der Waals surface area contributed by atoms with Gasteiger partial charge in [-0.2, -0.15) is 0 Å². The molecule has 1 unspecified atom stereocenters. The molecule has 1 aromatic carbocycles. The Hall–Kier alpha value is -4.05. The van der Waals surface area contributed by atoms with E-state index in [0.29, 0.717) is 16.6 Å². The molecule has 10 nitrogen and oxygen atoms in total. The van der Waals surface area contributed by atoms with E-state index in [1.165, 1.54) is 6.20 Å². The highest BCUT2D eigenvalue weighted by atomic mass is 35.5. The number of piperidine rings is 1. The second-order valence-electron chi connectivity index (χ2n) is 10.0. The number of nitrogens with one attached hydrogen (secondary N) is 2. The number of amides is 4. The lowest BCUT2D eigenvalue weighted by Crippen LogP contribution is -2.54. The number of aliphatic imine (C=N–C) groups is 1. The SMILES string of the molecule is NC=C(C=NC1CC(CCCNc2ccc3c(c2)C(=O)N(C2CCC(=O)NC2=O)C3=O)C1)c1cc(Cl)ccn1. The van der Waals surface area contributed by atoms with Gasteiger partial charge < -0.3 is 11.1 Å². The maximum absolute atomic E-state index is 13.0. The molecule has 1 saturated carbocycles. The molecule has 0 radical (unpaired) electrons. The number of halogens is 1. The van der Waals surface area contributed by atoms with Crippen LogP contribution in [0.25, 0.3) is 5.57 Å². The van der Waals surface area contributed by atoms with E-state index < -0.39 is 29.7 Å². The smallest absolute Gasteiger partial charge is 0.262 e. The highest BCUT2D eigenvalue weighted by Crippen LogP contribution is 2.34. The van der Waals surface area contributed by atoms with Crippen LogP contribution in [0.3, 0.4) is 0 Å². The molecular formula is C28H29ClN6O4. The first-order valence-corrected chi connectivity index (χ1v) is 13.4. The highest BCUT2D eigenvalue weighted by Gasteiger charge is 2.44. The summed E-state index contributed by atoms with van der Waals surface area (Å²) in [7, 11) is 0. The predicted molar refractivity (Wildman–Crippen MR) is 147 cm³/mol. The van der Waals surface area contributed by atoms with Crippen molar-refractivity contribution in [3.8, 4) is 0 Å². The lowest BCUT2D eigenvalue weighted by Gasteiger charge is -2.32. The van der Waals surface area contributed by atoms with E-state index in [1.807, 2.05) is 0 Å². The number of nitrogens with two attached hydrogens (primary N) is 1. The van der Waals surface area contributed by atoms with Crippen LogP contribution in [0.5, 0.6) is 0 Å². The molecule has 3 heterocycles. The Morgan fingerprint density at radius 2 is 1.95 bits per heavy atom. The predicted octanol–water partition coefficient (Wildman–Crippen LogP) is 3.18. The third-order valence-electron chi connectivity index (χ3n) is 7.39. The topological polar surface area (TPSA) is 147 Å². The molecule has 2 fully saturated rings. The monoisotopic (exact) mass is 548 g/mol. The Morgan fingerprint density at radius 3 is 2.69 bits per heavy atom. The molecule has 39 heavy (non-hydrogen) atoms. The molecule has 1 aliphatic carbocycles. The Morgan fingerprint density at radius 1 is 1.15 bits per heavy atom. The number of hydrogen-bond donors (Lipinski definition) is 3. The van der Waals surface area contributed by atoms with E-state index in [4.69, 9.17) is 17.3 Å². The number of anilines is 1. The minimum atomic E-state index is -0.964. The summed E-state index contributed by atoms with van der Waals surface area (Å²) in [6, 6.07) is 7.81. The molecule has 3 aliphatic rings. The maximum Gasteiger partial charge on any atom is 0.262 e. The number of carbonyl (C=O) groups excluding carboxylic acids is 4. The van der Waals surface area contributed by atoms with Crippen molar-refractivity contribution in [2.45, 2.75) is 50.6 Å². The minimum Gasteiger partial charge on any atom is -0.404 e. The number of hydrogen-bond acceptors (Lipinski definition) is 8. The largest absolute Gasteiger partial charge is 0.404 e. The lowest BCUT2D eigenvalue weighted by molar-refractivity contribution is -0.136. The van der Waals surface area contributed by atoms with Gasteiger partial charge in [0, 0.05) is 47.9 Å². The molecule has 5 rings (SSSR count). The number of benzene rings is 1. The van der Waals surface area contributed by atoms with Crippen molar-refractivity contribution in [3.05, 3.63) is 64.6 Å². The summed E-state index contributed by atoms with van der Waals surface area (Å²) < 4.78 is 0. The molecule has 2 aliphatic heterocycles. The third-order valence-corrected chi connectivity index (χ3v) is 7.63. The molecule has 4 N–H and O–H groups in total. The molecule has 202 valence electrons. The number of rotatable bonds is 9. The summed E-state index contributed by atoms with van der Waals surface area (Å²) in [6.45, 7) is 0.725. The zero-order chi connectivity index (χ0) is 27.5. The Kier molecular flexibility index (Phi) is 7.74. The van der Waals surface area contributed by atoms with Gasteiger partial charge in [0.15, 0.2) is 0 Å². The van der Waals surface area contributed by atoms with Crippen LogP contribution >= 0.6 is 11.6 Å². The van der Waals surface area contributed by atoms with E-state index in [2.05, 4.69) is 20.6 Å². The molecule has 2 aromatic rings. The zero-order valence-electron chi connectivity index (χ0n) is 21.2. The Balaban J connectivity index is 1.07. The number of fused-ring (bicyclic) bond motifs is 1. The summed E-state index contributed by atoms with van der Waals surface area (Å²) in [5.74, 6) is -1.42. The van der Waals surface area contributed by atoms with Crippen LogP contribution < -0.4 is 16.4 Å². The molecular weight excluding hydrogens is 520 g/mol. The van der Waals surface area contributed by atoms with Gasteiger partial charge in [-0.3, -0.25) is 39.4 Å². The summed E-state index contributed by atoms with van der Waals surface area (Å²) in [4.78, 5) is 59.4. The van der Waals surface area contributed by atoms with Crippen LogP contribution in [0.2, 0.25) is 5.02 Å². The van der Waals surface area contributed by atoms with Crippen molar-refractivity contribution in [2.24, 2.45) is 16.6 Å². The molecule has 4 amide bonds. The van der Waals surface area contributed by atoms with E-state index in [1.54, 1.807) is 42.7 Å². The molecule has 1 aromatic heterocycles. The van der Waals surface area contributed by atoms with Crippen molar-refractivity contribution in [2.75, 3.05) is 11.9 Å². The van der Waals surface area contributed by atoms with Gasteiger partial charge in [-0.05, 0) is 68.4 Å². The molecule has 1 saturated heterocycles. The summed E-state index contributed by atoms with van der Waals surface area (Å²) in [6.07, 6.45) is 9.16. The van der Waals surface area contributed by atoms with Gasteiger partial charge >= 0.3 is 0 Å². The van der Waals surface area contributed by atoms with Crippen molar-refractivity contribution in [3.63, 3.8) is 0 Å². The second kappa shape index (κ2) is 11.4. The fraction of sp³-hybridized carbons (Fsp3) is 0.357.